The summed E-state index contributed by atoms with van der Waals surface area (Å²) in [6.07, 6.45) is 0. The van der Waals surface area contributed by atoms with Gasteiger partial charge in [-0.2, -0.15) is 0 Å². The summed E-state index contributed by atoms with van der Waals surface area (Å²) in [6.45, 7) is 4.81. The topological polar surface area (TPSA) is 21.6 Å². The number of aliphatic imine (C=N–C) groups is 1. The summed E-state index contributed by atoms with van der Waals surface area (Å²) in [7, 11) is 0. The van der Waals surface area contributed by atoms with Crippen molar-refractivity contribution in [3.8, 4) is 0 Å². The molecule has 0 saturated heterocycles. The monoisotopic (exact) mass is 379 g/mol. The molecule has 15 heavy (non-hydrogen) atoms. The van der Waals surface area contributed by atoms with Crippen molar-refractivity contribution in [3.63, 3.8) is 0 Å². The molecule has 0 unspecified atom stereocenters. The van der Waals surface area contributed by atoms with Crippen LogP contribution < -0.4 is 0 Å². The third-order valence-corrected chi connectivity index (χ3v) is 3.51. The van der Waals surface area contributed by atoms with E-state index in [2.05, 4.69) is 63.4 Å². The molecule has 0 fully saturated rings. The normalized spacial score (nSPS) is 18.5. The molecule has 0 atom stereocenters. The van der Waals surface area contributed by atoms with Gasteiger partial charge in [-0.25, -0.2) is 4.99 Å². The van der Waals surface area contributed by atoms with Crippen LogP contribution in [0.1, 0.15) is 19.4 Å². The van der Waals surface area contributed by atoms with Gasteiger partial charge in [-0.1, -0.05) is 15.9 Å². The van der Waals surface area contributed by atoms with E-state index in [-0.39, 0.29) is 5.54 Å². The van der Waals surface area contributed by atoms with Crippen molar-refractivity contribution in [3.05, 3.63) is 31.8 Å². The molecule has 0 N–H and O–H groups in total. The minimum absolute atomic E-state index is 0.0918. The Morgan fingerprint density at radius 1 is 1.47 bits per heavy atom. The molecule has 0 amide bonds. The van der Waals surface area contributed by atoms with Crippen molar-refractivity contribution < 1.29 is 4.74 Å². The minimum Gasteiger partial charge on any atom is -0.475 e. The van der Waals surface area contributed by atoms with Crippen molar-refractivity contribution in [1.82, 2.24) is 0 Å². The third-order valence-electron chi connectivity index (χ3n) is 2.13. The van der Waals surface area contributed by atoms with E-state index in [9.17, 15) is 0 Å². The van der Waals surface area contributed by atoms with Crippen LogP contribution in [0.15, 0.2) is 27.7 Å². The van der Waals surface area contributed by atoms with Gasteiger partial charge in [0.2, 0.25) is 5.90 Å². The Morgan fingerprint density at radius 3 is 2.73 bits per heavy atom. The fourth-order valence-electron chi connectivity index (χ4n) is 1.39. The van der Waals surface area contributed by atoms with E-state index in [1.54, 1.807) is 0 Å². The lowest BCUT2D eigenvalue weighted by Gasteiger charge is -2.07. The summed E-state index contributed by atoms with van der Waals surface area (Å²) >= 11 is 5.74. The van der Waals surface area contributed by atoms with Crippen LogP contribution in [0.4, 0.5) is 0 Å². The summed E-state index contributed by atoms with van der Waals surface area (Å²) in [5.41, 5.74) is 0.982. The van der Waals surface area contributed by atoms with Crippen molar-refractivity contribution >= 4 is 44.4 Å². The first-order valence-corrected chi connectivity index (χ1v) is 6.53. The van der Waals surface area contributed by atoms with Gasteiger partial charge in [0.15, 0.2) is 0 Å². The molecule has 1 aromatic rings. The zero-order valence-corrected chi connectivity index (χ0v) is 12.3. The molecule has 80 valence electrons. The van der Waals surface area contributed by atoms with E-state index in [1.165, 1.54) is 0 Å². The van der Waals surface area contributed by atoms with E-state index in [0.29, 0.717) is 6.61 Å². The first kappa shape index (κ1) is 11.4. The molecular weight excluding hydrogens is 369 g/mol. The van der Waals surface area contributed by atoms with Crippen LogP contribution in [0.2, 0.25) is 0 Å². The van der Waals surface area contributed by atoms with E-state index in [0.717, 1.165) is 19.5 Å². The molecule has 0 radical (unpaired) electrons. The summed E-state index contributed by atoms with van der Waals surface area (Å²) in [5.74, 6) is 0.761. The fourth-order valence-corrected chi connectivity index (χ4v) is 2.92. The minimum atomic E-state index is -0.0918. The van der Waals surface area contributed by atoms with Gasteiger partial charge in [-0.15, -0.1) is 0 Å². The Hall–Kier alpha value is -0.100. The van der Waals surface area contributed by atoms with Gasteiger partial charge in [0.05, 0.1) is 5.54 Å². The number of ether oxygens (including phenoxy) is 1. The predicted octanol–water partition coefficient (Wildman–Crippen LogP) is 3.61. The van der Waals surface area contributed by atoms with Crippen LogP contribution in [0, 0.1) is 3.57 Å². The van der Waals surface area contributed by atoms with Crippen molar-refractivity contribution in [1.29, 1.82) is 0 Å². The van der Waals surface area contributed by atoms with Gasteiger partial charge in [0.1, 0.15) is 6.61 Å². The Labute approximate surface area is 111 Å². The predicted molar refractivity (Wildman–Crippen MR) is 73.4 cm³/mol. The highest BCUT2D eigenvalue weighted by molar-refractivity contribution is 14.1. The number of rotatable bonds is 1. The van der Waals surface area contributed by atoms with Crippen LogP contribution in [0.5, 0.6) is 0 Å². The van der Waals surface area contributed by atoms with Crippen LogP contribution in [0.3, 0.4) is 0 Å². The van der Waals surface area contributed by atoms with E-state index >= 15 is 0 Å². The number of hydrogen-bond acceptors (Lipinski definition) is 2. The molecule has 2 rings (SSSR count). The number of halogens is 2. The molecule has 2 nitrogen and oxygen atoms in total. The summed E-state index contributed by atoms with van der Waals surface area (Å²) in [5, 5.41) is 0. The molecule has 0 saturated carbocycles. The fraction of sp³-hybridized carbons (Fsp3) is 0.364. The Balaban J connectivity index is 2.39. The molecule has 1 heterocycles. The molecule has 1 aliphatic heterocycles. The second-order valence-electron chi connectivity index (χ2n) is 4.14. The number of hydrogen-bond donors (Lipinski definition) is 0. The maximum atomic E-state index is 5.60. The van der Waals surface area contributed by atoms with Crippen molar-refractivity contribution in [2.45, 2.75) is 19.4 Å². The second-order valence-corrected chi connectivity index (χ2v) is 6.22. The molecular formula is C11H11BrINO. The van der Waals surface area contributed by atoms with E-state index in [1.807, 2.05) is 12.1 Å². The average molecular weight is 380 g/mol. The molecule has 0 aromatic heterocycles. The lowest BCUT2D eigenvalue weighted by molar-refractivity contribution is 0.279. The zero-order valence-electron chi connectivity index (χ0n) is 8.55. The Kier molecular flexibility index (Phi) is 3.07. The van der Waals surface area contributed by atoms with Gasteiger partial charge in [-0.05, 0) is 54.6 Å². The highest BCUT2D eigenvalue weighted by Gasteiger charge is 2.27. The first-order chi connectivity index (χ1) is 6.98. The van der Waals surface area contributed by atoms with Crippen LogP contribution in [0.25, 0.3) is 0 Å². The van der Waals surface area contributed by atoms with Crippen molar-refractivity contribution in [2.75, 3.05) is 6.61 Å². The summed E-state index contributed by atoms with van der Waals surface area (Å²) < 4.78 is 7.83. The van der Waals surface area contributed by atoms with Crippen LogP contribution >= 0.6 is 38.5 Å². The standard InChI is InChI=1S/C11H11BrINO/c1-11(2)6-15-10(14-11)8-4-3-7(12)5-9(8)13/h3-5H,6H2,1-2H3. The van der Waals surface area contributed by atoms with Crippen LogP contribution in [-0.4, -0.2) is 18.0 Å². The Bertz CT molecular complexity index is 429. The van der Waals surface area contributed by atoms with Crippen LogP contribution in [-0.2, 0) is 4.74 Å². The van der Waals surface area contributed by atoms with Gasteiger partial charge >= 0.3 is 0 Å². The highest BCUT2D eigenvalue weighted by Crippen LogP contribution is 2.25. The number of benzene rings is 1. The molecule has 1 aromatic carbocycles. The molecule has 1 aliphatic rings. The number of nitrogens with zero attached hydrogens (tertiary/aromatic N) is 1. The largest absolute Gasteiger partial charge is 0.475 e. The molecule has 0 aliphatic carbocycles. The van der Waals surface area contributed by atoms with E-state index < -0.39 is 0 Å². The maximum Gasteiger partial charge on any atom is 0.217 e. The lowest BCUT2D eigenvalue weighted by Crippen LogP contribution is -2.17. The highest BCUT2D eigenvalue weighted by atomic mass is 127. The summed E-state index contributed by atoms with van der Waals surface area (Å²) in [4.78, 5) is 4.56. The first-order valence-electron chi connectivity index (χ1n) is 4.66. The smallest absolute Gasteiger partial charge is 0.217 e. The van der Waals surface area contributed by atoms with Crippen molar-refractivity contribution in [2.24, 2.45) is 4.99 Å². The third kappa shape index (κ3) is 2.53. The SMILES string of the molecule is CC1(C)COC(c2ccc(Br)cc2I)=N1. The van der Waals surface area contributed by atoms with E-state index in [4.69, 9.17) is 4.74 Å². The molecule has 0 bridgehead atoms. The zero-order chi connectivity index (χ0) is 11.1. The Morgan fingerprint density at radius 2 is 2.20 bits per heavy atom. The average Bonchev–Trinajstić information content (AvgIpc) is 2.46. The second kappa shape index (κ2) is 4.05. The van der Waals surface area contributed by atoms with Gasteiger partial charge in [0.25, 0.3) is 0 Å². The maximum absolute atomic E-state index is 5.60. The van der Waals surface area contributed by atoms with Gasteiger partial charge in [-0.3, -0.25) is 0 Å². The lowest BCUT2D eigenvalue weighted by atomic mass is 10.1. The summed E-state index contributed by atoms with van der Waals surface area (Å²) in [6, 6.07) is 6.11. The molecule has 0 spiro atoms. The quantitative estimate of drug-likeness (QED) is 0.683. The van der Waals surface area contributed by atoms with Gasteiger partial charge < -0.3 is 4.74 Å². The van der Waals surface area contributed by atoms with Gasteiger partial charge in [0, 0.05) is 13.6 Å². The molecule has 4 heteroatoms.